The van der Waals surface area contributed by atoms with Crippen LogP contribution in [0.1, 0.15) is 17.0 Å². The lowest BCUT2D eigenvalue weighted by molar-refractivity contribution is 0.887. The third-order valence-electron chi connectivity index (χ3n) is 2.96. The Morgan fingerprint density at radius 3 is 3.12 bits per heavy atom. The Morgan fingerprint density at radius 2 is 2.29 bits per heavy atom. The molecular weight excluding hydrogens is 238 g/mol. The van der Waals surface area contributed by atoms with Crippen LogP contribution in [0, 0.1) is 0 Å². The van der Waals surface area contributed by atoms with Crippen molar-refractivity contribution in [1.82, 2.24) is 9.97 Å². The number of fused-ring (bicyclic) bond motifs is 1. The van der Waals surface area contributed by atoms with Crippen molar-refractivity contribution in [3.8, 4) is 0 Å². The number of halogens is 1. The van der Waals surface area contributed by atoms with Crippen LogP contribution in [0.5, 0.6) is 0 Å². The molecule has 4 nitrogen and oxygen atoms in total. The van der Waals surface area contributed by atoms with E-state index in [9.17, 15) is 4.79 Å². The van der Waals surface area contributed by atoms with E-state index in [1.807, 2.05) is 24.3 Å². The third-order valence-corrected chi connectivity index (χ3v) is 3.20. The van der Waals surface area contributed by atoms with Crippen LogP contribution in [0.4, 0.5) is 5.82 Å². The monoisotopic (exact) mass is 247 g/mol. The van der Waals surface area contributed by atoms with E-state index in [4.69, 9.17) is 11.6 Å². The van der Waals surface area contributed by atoms with Crippen LogP contribution in [0.15, 0.2) is 35.4 Å². The van der Waals surface area contributed by atoms with Gasteiger partial charge in [-0.3, -0.25) is 4.79 Å². The fourth-order valence-corrected chi connectivity index (χ4v) is 2.38. The first-order valence-corrected chi connectivity index (χ1v) is 5.70. The number of benzene rings is 1. The maximum absolute atomic E-state index is 11.8. The summed E-state index contributed by atoms with van der Waals surface area (Å²) in [6.45, 7) is 0.676. The quantitative estimate of drug-likeness (QED) is 0.810. The highest BCUT2D eigenvalue weighted by Crippen LogP contribution is 2.32. The number of anilines is 1. The molecule has 0 unspecified atom stereocenters. The second-order valence-corrected chi connectivity index (χ2v) is 4.42. The van der Waals surface area contributed by atoms with E-state index in [-0.39, 0.29) is 11.5 Å². The summed E-state index contributed by atoms with van der Waals surface area (Å²) in [6.07, 6.45) is 1.41. The minimum absolute atomic E-state index is 0.0150. The molecule has 0 saturated heterocycles. The number of aromatic nitrogens is 2. The normalized spacial score (nSPS) is 17.6. The van der Waals surface area contributed by atoms with Gasteiger partial charge in [-0.2, -0.15) is 0 Å². The Labute approximate surface area is 103 Å². The maximum atomic E-state index is 11.8. The van der Waals surface area contributed by atoms with E-state index in [1.54, 1.807) is 0 Å². The van der Waals surface area contributed by atoms with Gasteiger partial charge in [-0.25, -0.2) is 4.98 Å². The molecule has 0 aliphatic carbocycles. The predicted octanol–water partition coefficient (Wildman–Crippen LogP) is 1.98. The molecule has 3 rings (SSSR count). The first-order chi connectivity index (χ1) is 8.25. The zero-order chi connectivity index (χ0) is 11.8. The van der Waals surface area contributed by atoms with Crippen LogP contribution in [0.3, 0.4) is 0 Å². The Hall–Kier alpha value is -1.81. The number of nitrogens with one attached hydrogen (secondary N) is 2. The van der Waals surface area contributed by atoms with Gasteiger partial charge in [0.1, 0.15) is 5.82 Å². The minimum atomic E-state index is -0.0926. The first-order valence-electron chi connectivity index (χ1n) is 5.32. The van der Waals surface area contributed by atoms with Crippen molar-refractivity contribution in [3.63, 3.8) is 0 Å². The van der Waals surface area contributed by atoms with Gasteiger partial charge in [-0.05, 0) is 17.7 Å². The summed E-state index contributed by atoms with van der Waals surface area (Å²) in [7, 11) is 0. The highest BCUT2D eigenvalue weighted by molar-refractivity contribution is 6.30. The van der Waals surface area contributed by atoms with Gasteiger partial charge in [0.15, 0.2) is 0 Å². The Morgan fingerprint density at radius 1 is 1.41 bits per heavy atom. The van der Waals surface area contributed by atoms with Crippen molar-refractivity contribution >= 4 is 17.4 Å². The number of aromatic amines is 1. The lowest BCUT2D eigenvalue weighted by Crippen LogP contribution is -2.15. The maximum Gasteiger partial charge on any atom is 0.256 e. The molecule has 2 heterocycles. The molecule has 0 saturated carbocycles. The summed E-state index contributed by atoms with van der Waals surface area (Å²) in [5, 5.41) is 3.81. The Kier molecular flexibility index (Phi) is 2.37. The number of H-pyrrole nitrogens is 1. The molecule has 0 radical (unpaired) electrons. The summed E-state index contributed by atoms with van der Waals surface area (Å²) in [5.74, 6) is 0.680. The highest BCUT2D eigenvalue weighted by Gasteiger charge is 2.27. The van der Waals surface area contributed by atoms with E-state index in [0.717, 1.165) is 5.56 Å². The number of hydrogen-bond donors (Lipinski definition) is 2. The minimum Gasteiger partial charge on any atom is -0.369 e. The summed E-state index contributed by atoms with van der Waals surface area (Å²) in [5.41, 5.74) is 1.63. The first kappa shape index (κ1) is 10.4. The summed E-state index contributed by atoms with van der Waals surface area (Å²) in [4.78, 5) is 18.5. The molecule has 0 fully saturated rings. The van der Waals surface area contributed by atoms with Gasteiger partial charge in [0.05, 0.1) is 11.9 Å². The largest absolute Gasteiger partial charge is 0.369 e. The molecule has 2 N–H and O–H groups in total. The fourth-order valence-electron chi connectivity index (χ4n) is 2.18. The third kappa shape index (κ3) is 1.70. The summed E-state index contributed by atoms with van der Waals surface area (Å²) in [6, 6.07) is 7.57. The number of hydrogen-bond acceptors (Lipinski definition) is 3. The smallest absolute Gasteiger partial charge is 0.256 e. The van der Waals surface area contributed by atoms with Gasteiger partial charge in [0.25, 0.3) is 5.56 Å². The van der Waals surface area contributed by atoms with Gasteiger partial charge < -0.3 is 10.3 Å². The van der Waals surface area contributed by atoms with Crippen molar-refractivity contribution in [2.24, 2.45) is 0 Å². The van der Waals surface area contributed by atoms with E-state index in [2.05, 4.69) is 15.3 Å². The average Bonchev–Trinajstić information content (AvgIpc) is 2.74. The van der Waals surface area contributed by atoms with Crippen LogP contribution in [-0.4, -0.2) is 16.5 Å². The summed E-state index contributed by atoms with van der Waals surface area (Å²) >= 11 is 5.97. The lowest BCUT2D eigenvalue weighted by atomic mass is 9.95. The van der Waals surface area contributed by atoms with Gasteiger partial charge >= 0.3 is 0 Å². The van der Waals surface area contributed by atoms with Crippen molar-refractivity contribution < 1.29 is 0 Å². The topological polar surface area (TPSA) is 57.8 Å². The van der Waals surface area contributed by atoms with E-state index >= 15 is 0 Å². The summed E-state index contributed by atoms with van der Waals surface area (Å²) < 4.78 is 0. The van der Waals surface area contributed by atoms with E-state index in [0.29, 0.717) is 22.9 Å². The van der Waals surface area contributed by atoms with E-state index in [1.165, 1.54) is 6.33 Å². The SMILES string of the molecule is O=c1[nH]cnc2c1[C@H](c1cccc(Cl)c1)CN2. The molecule has 1 aliphatic heterocycles. The highest BCUT2D eigenvalue weighted by atomic mass is 35.5. The molecule has 17 heavy (non-hydrogen) atoms. The van der Waals surface area contributed by atoms with Gasteiger partial charge in [0, 0.05) is 17.5 Å². The molecule has 5 heteroatoms. The van der Waals surface area contributed by atoms with Crippen LogP contribution < -0.4 is 10.9 Å². The number of rotatable bonds is 1. The van der Waals surface area contributed by atoms with Crippen LogP contribution in [-0.2, 0) is 0 Å². The van der Waals surface area contributed by atoms with Crippen molar-refractivity contribution in [3.05, 3.63) is 57.1 Å². The fraction of sp³-hybridized carbons (Fsp3) is 0.167. The second kappa shape index (κ2) is 3.89. The molecule has 0 bridgehead atoms. The van der Waals surface area contributed by atoms with Gasteiger partial charge in [-0.1, -0.05) is 23.7 Å². The Bertz CT molecular complexity index is 623. The molecule has 1 aromatic heterocycles. The average molecular weight is 248 g/mol. The predicted molar refractivity (Wildman–Crippen MR) is 66.6 cm³/mol. The molecule has 1 aromatic carbocycles. The molecule has 0 amide bonds. The molecule has 0 spiro atoms. The van der Waals surface area contributed by atoms with Crippen LogP contribution in [0.25, 0.3) is 0 Å². The van der Waals surface area contributed by atoms with Gasteiger partial charge in [-0.15, -0.1) is 0 Å². The Balaban J connectivity index is 2.13. The zero-order valence-corrected chi connectivity index (χ0v) is 9.66. The standard InChI is InChI=1S/C12H10ClN3O/c13-8-3-1-2-7(4-8)9-5-14-11-10(9)12(17)16-6-15-11/h1-4,6,9H,5H2,(H2,14,15,16,17)/t9-/m0/s1. The number of nitrogens with zero attached hydrogens (tertiary/aromatic N) is 1. The van der Waals surface area contributed by atoms with Crippen LogP contribution in [0.2, 0.25) is 5.02 Å². The van der Waals surface area contributed by atoms with Crippen molar-refractivity contribution in [2.75, 3.05) is 11.9 Å². The zero-order valence-electron chi connectivity index (χ0n) is 8.90. The molecule has 2 aromatic rings. The lowest BCUT2D eigenvalue weighted by Gasteiger charge is -2.09. The van der Waals surface area contributed by atoms with E-state index < -0.39 is 0 Å². The second-order valence-electron chi connectivity index (χ2n) is 3.98. The van der Waals surface area contributed by atoms with Crippen molar-refractivity contribution in [1.29, 1.82) is 0 Å². The van der Waals surface area contributed by atoms with Crippen LogP contribution >= 0.6 is 11.6 Å². The molecular formula is C12H10ClN3O. The van der Waals surface area contributed by atoms with Crippen molar-refractivity contribution in [2.45, 2.75) is 5.92 Å². The molecule has 86 valence electrons. The molecule has 1 atom stereocenters. The van der Waals surface area contributed by atoms with Gasteiger partial charge in [0.2, 0.25) is 0 Å². The molecule has 1 aliphatic rings.